The molecule has 0 aliphatic carbocycles. The van der Waals surface area contributed by atoms with Crippen LogP contribution in [0.15, 0.2) is 11.6 Å². The van der Waals surface area contributed by atoms with Gasteiger partial charge in [0, 0.05) is 24.2 Å². The van der Waals surface area contributed by atoms with Crippen LogP contribution in [0.5, 0.6) is 0 Å². The van der Waals surface area contributed by atoms with Gasteiger partial charge < -0.3 is 10.1 Å². The average Bonchev–Trinajstić information content (AvgIpc) is 2.38. The summed E-state index contributed by atoms with van der Waals surface area (Å²) in [5, 5.41) is 3.36. The third kappa shape index (κ3) is 2.81. The predicted octanol–water partition coefficient (Wildman–Crippen LogP) is 1.51. The van der Waals surface area contributed by atoms with E-state index in [9.17, 15) is 0 Å². The summed E-state index contributed by atoms with van der Waals surface area (Å²) in [5.74, 6) is 0. The Balaban J connectivity index is 2.23. The zero-order valence-corrected chi connectivity index (χ0v) is 7.53. The highest BCUT2D eigenvalue weighted by atomic mass is 35.5. The lowest BCUT2D eigenvalue weighted by Gasteiger charge is -2.22. The van der Waals surface area contributed by atoms with Gasteiger partial charge in [-0.2, -0.15) is 0 Å². The molecule has 0 spiro atoms. The van der Waals surface area contributed by atoms with Gasteiger partial charge in [-0.1, -0.05) is 17.7 Å². The van der Waals surface area contributed by atoms with Crippen molar-refractivity contribution in [3.05, 3.63) is 11.6 Å². The van der Waals surface area contributed by atoms with Crippen molar-refractivity contribution >= 4 is 11.6 Å². The summed E-state index contributed by atoms with van der Waals surface area (Å²) in [5.41, 5.74) is 1.70. The quantitative estimate of drug-likeness (QED) is 0.702. The molecule has 1 aliphatic rings. The minimum atomic E-state index is 0.163. The fourth-order valence-corrected chi connectivity index (χ4v) is 1.25. The fourth-order valence-electron chi connectivity index (χ4n) is 1.16. The van der Waals surface area contributed by atoms with Crippen LogP contribution in [0.25, 0.3) is 0 Å². The number of ether oxygens (including phenoxy) is 1. The second-order valence-electron chi connectivity index (χ2n) is 3.11. The van der Waals surface area contributed by atoms with E-state index in [0.717, 1.165) is 26.2 Å². The summed E-state index contributed by atoms with van der Waals surface area (Å²) in [4.78, 5) is 0. The summed E-state index contributed by atoms with van der Waals surface area (Å²) in [6.45, 7) is 4.67. The third-order valence-corrected chi connectivity index (χ3v) is 2.13. The maximum atomic E-state index is 5.38. The molecule has 1 N–H and O–H groups in total. The minimum absolute atomic E-state index is 0.163. The highest BCUT2D eigenvalue weighted by molar-refractivity contribution is 6.25. The van der Waals surface area contributed by atoms with Gasteiger partial charge >= 0.3 is 0 Å². The Hall–Kier alpha value is -0.0500. The Kier molecular flexibility index (Phi) is 3.37. The Bertz CT molecular complexity index is 141. The molecular formula is C8H14ClNO. The van der Waals surface area contributed by atoms with Crippen LogP contribution in [0.1, 0.15) is 13.3 Å². The number of hydrogen-bond acceptors (Lipinski definition) is 2. The van der Waals surface area contributed by atoms with Crippen LogP contribution in [0.3, 0.4) is 0 Å². The molecule has 64 valence electrons. The molecule has 3 heteroatoms. The predicted molar refractivity (Wildman–Crippen MR) is 46.8 cm³/mol. The van der Waals surface area contributed by atoms with Crippen molar-refractivity contribution in [1.82, 2.24) is 5.32 Å². The molecule has 1 heterocycles. The fraction of sp³-hybridized carbons (Fsp3) is 0.750. The van der Waals surface area contributed by atoms with E-state index in [1.54, 1.807) is 0 Å². The molecule has 0 bridgehead atoms. The van der Waals surface area contributed by atoms with Crippen LogP contribution >= 0.6 is 11.6 Å². The minimum Gasteiger partial charge on any atom is -0.379 e. The van der Waals surface area contributed by atoms with E-state index in [1.807, 2.05) is 6.08 Å². The summed E-state index contributed by atoms with van der Waals surface area (Å²) in [6, 6.07) is 0. The monoisotopic (exact) mass is 175 g/mol. The molecule has 1 atom stereocenters. The van der Waals surface area contributed by atoms with Crippen molar-refractivity contribution in [2.45, 2.75) is 18.9 Å². The number of rotatable bonds is 3. The Morgan fingerprint density at radius 1 is 1.73 bits per heavy atom. The lowest BCUT2D eigenvalue weighted by molar-refractivity contribution is 0.173. The zero-order valence-electron chi connectivity index (χ0n) is 6.77. The molecule has 1 unspecified atom stereocenters. The van der Waals surface area contributed by atoms with Crippen molar-refractivity contribution in [1.29, 1.82) is 0 Å². The standard InChI is InChI=1S/C8H14ClNO/c1-8(3-6-11-7-8)10-5-2-4-9/h2,4,10H,3,5-7H2,1H3/b4-2+. The lowest BCUT2D eigenvalue weighted by atomic mass is 10.0. The van der Waals surface area contributed by atoms with Gasteiger partial charge in [0.1, 0.15) is 0 Å². The highest BCUT2D eigenvalue weighted by Crippen LogP contribution is 2.16. The van der Waals surface area contributed by atoms with E-state index in [2.05, 4.69) is 12.2 Å². The van der Waals surface area contributed by atoms with Gasteiger partial charge in [0.05, 0.1) is 6.61 Å². The van der Waals surface area contributed by atoms with Gasteiger partial charge in [-0.3, -0.25) is 0 Å². The number of halogens is 1. The molecule has 0 aromatic carbocycles. The number of hydrogen-bond donors (Lipinski definition) is 1. The van der Waals surface area contributed by atoms with Crippen molar-refractivity contribution in [3.8, 4) is 0 Å². The Morgan fingerprint density at radius 2 is 2.55 bits per heavy atom. The topological polar surface area (TPSA) is 21.3 Å². The molecule has 0 aromatic rings. The molecule has 1 rings (SSSR count). The van der Waals surface area contributed by atoms with Crippen LogP contribution in [-0.2, 0) is 4.74 Å². The summed E-state index contributed by atoms with van der Waals surface area (Å²) < 4.78 is 5.27. The largest absolute Gasteiger partial charge is 0.379 e. The molecule has 0 amide bonds. The second kappa shape index (κ2) is 4.10. The third-order valence-electron chi connectivity index (χ3n) is 1.95. The first-order chi connectivity index (χ1) is 5.27. The molecule has 2 nitrogen and oxygen atoms in total. The van der Waals surface area contributed by atoms with E-state index < -0.39 is 0 Å². The molecule has 0 aromatic heterocycles. The first-order valence-electron chi connectivity index (χ1n) is 3.85. The van der Waals surface area contributed by atoms with Gasteiger partial charge in [0.2, 0.25) is 0 Å². The first kappa shape index (κ1) is 9.04. The van der Waals surface area contributed by atoms with Crippen LogP contribution in [0.2, 0.25) is 0 Å². The normalized spacial score (nSPS) is 31.8. The van der Waals surface area contributed by atoms with Crippen LogP contribution < -0.4 is 5.32 Å². The van der Waals surface area contributed by atoms with Gasteiger partial charge in [0.25, 0.3) is 0 Å². The van der Waals surface area contributed by atoms with Crippen molar-refractivity contribution in [2.24, 2.45) is 0 Å². The highest BCUT2D eigenvalue weighted by Gasteiger charge is 2.27. The SMILES string of the molecule is CC1(NC/C=C/Cl)CCOC1. The van der Waals surface area contributed by atoms with Gasteiger partial charge in [-0.05, 0) is 13.3 Å². The van der Waals surface area contributed by atoms with Gasteiger partial charge in [0.15, 0.2) is 0 Å². The molecule has 1 fully saturated rings. The van der Waals surface area contributed by atoms with Crippen molar-refractivity contribution < 1.29 is 4.74 Å². The van der Waals surface area contributed by atoms with Crippen molar-refractivity contribution in [2.75, 3.05) is 19.8 Å². The zero-order chi connectivity index (χ0) is 8.16. The number of nitrogens with one attached hydrogen (secondary N) is 1. The van der Waals surface area contributed by atoms with E-state index in [0.29, 0.717) is 0 Å². The smallest absolute Gasteiger partial charge is 0.0646 e. The summed E-state index contributed by atoms with van der Waals surface area (Å²) in [6.07, 6.45) is 2.98. The second-order valence-corrected chi connectivity index (χ2v) is 3.36. The van der Waals surface area contributed by atoms with Gasteiger partial charge in [-0.25, -0.2) is 0 Å². The molecule has 0 saturated carbocycles. The maximum Gasteiger partial charge on any atom is 0.0646 e. The van der Waals surface area contributed by atoms with E-state index in [4.69, 9.17) is 16.3 Å². The molecule has 1 aliphatic heterocycles. The summed E-state index contributed by atoms with van der Waals surface area (Å²) in [7, 11) is 0. The lowest BCUT2D eigenvalue weighted by Crippen LogP contribution is -2.42. The molecule has 1 saturated heterocycles. The Labute approximate surface area is 72.6 Å². The van der Waals surface area contributed by atoms with Gasteiger partial charge in [-0.15, -0.1) is 0 Å². The van der Waals surface area contributed by atoms with Crippen LogP contribution in [0.4, 0.5) is 0 Å². The first-order valence-corrected chi connectivity index (χ1v) is 4.28. The molecule has 0 radical (unpaired) electrons. The molecular weight excluding hydrogens is 162 g/mol. The van der Waals surface area contributed by atoms with E-state index in [1.165, 1.54) is 5.54 Å². The van der Waals surface area contributed by atoms with E-state index in [-0.39, 0.29) is 5.54 Å². The molecule has 11 heavy (non-hydrogen) atoms. The van der Waals surface area contributed by atoms with Crippen LogP contribution in [-0.4, -0.2) is 25.3 Å². The maximum absolute atomic E-state index is 5.38. The Morgan fingerprint density at radius 3 is 3.09 bits per heavy atom. The van der Waals surface area contributed by atoms with Crippen LogP contribution in [0, 0.1) is 0 Å². The van der Waals surface area contributed by atoms with E-state index >= 15 is 0 Å². The average molecular weight is 176 g/mol. The van der Waals surface area contributed by atoms with Crippen molar-refractivity contribution in [3.63, 3.8) is 0 Å². The summed E-state index contributed by atoms with van der Waals surface area (Å²) >= 11 is 5.38.